The third-order valence-corrected chi connectivity index (χ3v) is 5.41. The maximum atomic E-state index is 12.0. The summed E-state index contributed by atoms with van der Waals surface area (Å²) in [5, 5.41) is 5.48. The third kappa shape index (κ3) is 5.69. The minimum atomic E-state index is -0.224. The van der Waals surface area contributed by atoms with Gasteiger partial charge in [-0.15, -0.1) is 0 Å². The Morgan fingerprint density at radius 2 is 1.61 bits per heavy atom. The van der Waals surface area contributed by atoms with Crippen LogP contribution < -0.4 is 15.5 Å². The number of hydrogen-bond acceptors (Lipinski definition) is 4. The van der Waals surface area contributed by atoms with Crippen LogP contribution in [0, 0.1) is 0 Å². The van der Waals surface area contributed by atoms with Crippen molar-refractivity contribution in [2.24, 2.45) is 0 Å². The van der Waals surface area contributed by atoms with Gasteiger partial charge in [0.25, 0.3) is 0 Å². The molecule has 2 amide bonds. The lowest BCUT2D eigenvalue weighted by atomic mass is 10.00. The Bertz CT molecular complexity index is 1030. The lowest BCUT2D eigenvalue weighted by Gasteiger charge is -2.29. The van der Waals surface area contributed by atoms with Crippen molar-refractivity contribution >= 4 is 17.6 Å². The van der Waals surface area contributed by atoms with E-state index in [9.17, 15) is 9.59 Å². The molecule has 0 aliphatic carbocycles. The second-order valence-electron chi connectivity index (χ2n) is 7.68. The molecular weight excluding hydrogens is 388 g/mol. The SMILES string of the molecule is O=C(CNC(=O)Cc1ccccc1)NCc1ccc(N2CCc3ccccc3C2)nc1. The quantitative estimate of drug-likeness (QED) is 0.623. The Morgan fingerprint density at radius 1 is 0.839 bits per heavy atom. The van der Waals surface area contributed by atoms with E-state index in [-0.39, 0.29) is 24.8 Å². The van der Waals surface area contributed by atoms with Gasteiger partial charge in [0.05, 0.1) is 13.0 Å². The average Bonchev–Trinajstić information content (AvgIpc) is 2.82. The molecule has 0 atom stereocenters. The average molecular weight is 415 g/mol. The summed E-state index contributed by atoms with van der Waals surface area (Å²) in [5.41, 5.74) is 4.60. The predicted octanol–water partition coefficient (Wildman–Crippen LogP) is 2.62. The summed E-state index contributed by atoms with van der Waals surface area (Å²) in [6, 6.07) is 22.0. The van der Waals surface area contributed by atoms with Gasteiger partial charge in [-0.05, 0) is 34.7 Å². The molecule has 0 bridgehead atoms. The van der Waals surface area contributed by atoms with Crippen LogP contribution in [0.25, 0.3) is 0 Å². The third-order valence-electron chi connectivity index (χ3n) is 5.41. The second kappa shape index (κ2) is 9.89. The van der Waals surface area contributed by atoms with Gasteiger partial charge in [-0.2, -0.15) is 0 Å². The number of carbonyl (C=O) groups excluding carboxylic acids is 2. The van der Waals surface area contributed by atoms with Crippen molar-refractivity contribution in [2.45, 2.75) is 25.9 Å². The maximum Gasteiger partial charge on any atom is 0.239 e. The monoisotopic (exact) mass is 414 g/mol. The zero-order chi connectivity index (χ0) is 21.5. The molecule has 1 aliphatic heterocycles. The lowest BCUT2D eigenvalue weighted by molar-refractivity contribution is -0.125. The molecule has 0 spiro atoms. The van der Waals surface area contributed by atoms with Gasteiger partial charge >= 0.3 is 0 Å². The van der Waals surface area contributed by atoms with E-state index < -0.39 is 0 Å². The van der Waals surface area contributed by atoms with E-state index in [1.54, 1.807) is 6.20 Å². The molecule has 3 aromatic rings. The molecule has 4 rings (SSSR count). The van der Waals surface area contributed by atoms with Crippen LogP contribution in [0.3, 0.4) is 0 Å². The normalized spacial score (nSPS) is 12.7. The van der Waals surface area contributed by atoms with Gasteiger partial charge in [-0.3, -0.25) is 9.59 Å². The van der Waals surface area contributed by atoms with Crippen molar-refractivity contribution in [3.8, 4) is 0 Å². The number of rotatable bonds is 7. The molecule has 6 nitrogen and oxygen atoms in total. The van der Waals surface area contributed by atoms with E-state index in [0.717, 1.165) is 36.5 Å². The van der Waals surface area contributed by atoms with Crippen molar-refractivity contribution in [1.82, 2.24) is 15.6 Å². The fourth-order valence-electron chi connectivity index (χ4n) is 3.69. The van der Waals surface area contributed by atoms with Crippen LogP contribution in [0.1, 0.15) is 22.3 Å². The van der Waals surface area contributed by atoms with Crippen LogP contribution in [-0.4, -0.2) is 29.9 Å². The number of hydrogen-bond donors (Lipinski definition) is 2. The van der Waals surface area contributed by atoms with E-state index >= 15 is 0 Å². The standard InChI is InChI=1S/C25H26N4O2/c30-24(14-19-6-2-1-3-7-19)28-17-25(31)27-16-20-10-11-23(26-15-20)29-13-12-21-8-4-5-9-22(21)18-29/h1-11,15H,12-14,16-18H2,(H,27,31)(H,28,30). The summed E-state index contributed by atoms with van der Waals surface area (Å²) in [7, 11) is 0. The zero-order valence-corrected chi connectivity index (χ0v) is 17.4. The van der Waals surface area contributed by atoms with Gasteiger partial charge in [0, 0.05) is 25.8 Å². The summed E-state index contributed by atoms with van der Waals surface area (Å²) >= 11 is 0. The topological polar surface area (TPSA) is 74.3 Å². The first kappa shape index (κ1) is 20.6. The first-order valence-corrected chi connectivity index (χ1v) is 10.5. The van der Waals surface area contributed by atoms with Crippen molar-refractivity contribution in [3.63, 3.8) is 0 Å². The van der Waals surface area contributed by atoms with Crippen LogP contribution >= 0.6 is 0 Å². The highest BCUT2D eigenvalue weighted by Crippen LogP contribution is 2.22. The number of fused-ring (bicyclic) bond motifs is 1. The molecular formula is C25H26N4O2. The molecule has 1 aliphatic rings. The Balaban J connectivity index is 1.21. The van der Waals surface area contributed by atoms with Crippen LogP contribution in [0.5, 0.6) is 0 Å². The number of amides is 2. The van der Waals surface area contributed by atoms with Gasteiger partial charge < -0.3 is 15.5 Å². The first-order valence-electron chi connectivity index (χ1n) is 10.5. The molecule has 6 heteroatoms. The van der Waals surface area contributed by atoms with Gasteiger partial charge in [0.1, 0.15) is 5.82 Å². The summed E-state index contributed by atoms with van der Waals surface area (Å²) < 4.78 is 0. The second-order valence-corrected chi connectivity index (χ2v) is 7.68. The summed E-state index contributed by atoms with van der Waals surface area (Å²) in [6.45, 7) is 2.15. The van der Waals surface area contributed by atoms with Crippen LogP contribution in [-0.2, 0) is 35.5 Å². The fourth-order valence-corrected chi connectivity index (χ4v) is 3.69. The number of nitrogens with zero attached hydrogens (tertiary/aromatic N) is 2. The van der Waals surface area contributed by atoms with Gasteiger partial charge in [-0.1, -0.05) is 60.7 Å². The molecule has 0 unspecified atom stereocenters. The van der Waals surface area contributed by atoms with Crippen LogP contribution in [0.2, 0.25) is 0 Å². The van der Waals surface area contributed by atoms with Crippen molar-refractivity contribution in [2.75, 3.05) is 18.0 Å². The van der Waals surface area contributed by atoms with E-state index in [2.05, 4.69) is 44.8 Å². The Kier molecular flexibility index (Phi) is 6.57. The molecule has 0 fully saturated rings. The predicted molar refractivity (Wildman–Crippen MR) is 120 cm³/mol. The Morgan fingerprint density at radius 3 is 2.39 bits per heavy atom. The van der Waals surface area contributed by atoms with Crippen molar-refractivity contribution in [1.29, 1.82) is 0 Å². The minimum absolute atomic E-state index is 0.0373. The number of anilines is 1. The zero-order valence-electron chi connectivity index (χ0n) is 17.4. The number of carbonyl (C=O) groups is 2. The number of aromatic nitrogens is 1. The molecule has 0 radical (unpaired) electrons. The number of pyridine rings is 1. The Labute approximate surface area is 182 Å². The molecule has 0 saturated heterocycles. The van der Waals surface area contributed by atoms with E-state index in [1.165, 1.54) is 11.1 Å². The molecule has 2 heterocycles. The molecule has 0 saturated carbocycles. The Hall–Kier alpha value is -3.67. The highest BCUT2D eigenvalue weighted by Gasteiger charge is 2.16. The van der Waals surface area contributed by atoms with E-state index in [1.807, 2.05) is 42.5 Å². The summed E-state index contributed by atoms with van der Waals surface area (Å²) in [6.07, 6.45) is 3.08. The first-order chi connectivity index (χ1) is 15.2. The van der Waals surface area contributed by atoms with Gasteiger partial charge in [0.2, 0.25) is 11.8 Å². The van der Waals surface area contributed by atoms with Gasteiger partial charge in [0.15, 0.2) is 0 Å². The number of nitrogens with one attached hydrogen (secondary N) is 2. The highest BCUT2D eigenvalue weighted by molar-refractivity contribution is 5.85. The summed E-state index contributed by atoms with van der Waals surface area (Å²) in [5.74, 6) is 0.548. The van der Waals surface area contributed by atoms with Crippen LogP contribution in [0.15, 0.2) is 72.9 Å². The van der Waals surface area contributed by atoms with Crippen molar-refractivity contribution < 1.29 is 9.59 Å². The molecule has 2 aromatic carbocycles. The van der Waals surface area contributed by atoms with Crippen molar-refractivity contribution in [3.05, 3.63) is 95.2 Å². The molecule has 158 valence electrons. The largest absolute Gasteiger partial charge is 0.352 e. The fraction of sp³-hybridized carbons (Fsp3) is 0.240. The van der Waals surface area contributed by atoms with Crippen LogP contribution in [0.4, 0.5) is 5.82 Å². The maximum absolute atomic E-state index is 12.0. The smallest absolute Gasteiger partial charge is 0.239 e. The number of benzene rings is 2. The molecule has 31 heavy (non-hydrogen) atoms. The van der Waals surface area contributed by atoms with E-state index in [0.29, 0.717) is 6.54 Å². The molecule has 1 aromatic heterocycles. The highest BCUT2D eigenvalue weighted by atomic mass is 16.2. The minimum Gasteiger partial charge on any atom is -0.352 e. The summed E-state index contributed by atoms with van der Waals surface area (Å²) in [4.78, 5) is 30.9. The lowest BCUT2D eigenvalue weighted by Crippen LogP contribution is -2.37. The van der Waals surface area contributed by atoms with Gasteiger partial charge in [-0.25, -0.2) is 4.98 Å². The van der Waals surface area contributed by atoms with E-state index in [4.69, 9.17) is 0 Å². The molecule has 2 N–H and O–H groups in total.